The lowest BCUT2D eigenvalue weighted by Gasteiger charge is -2.33. The predicted molar refractivity (Wildman–Crippen MR) is 153 cm³/mol. The zero-order valence-corrected chi connectivity index (χ0v) is 24.2. The maximum atomic E-state index is 13.9. The van der Waals surface area contributed by atoms with E-state index in [1.54, 1.807) is 43.3 Å². The van der Waals surface area contributed by atoms with Gasteiger partial charge in [-0.1, -0.05) is 48.0 Å². The summed E-state index contributed by atoms with van der Waals surface area (Å²) in [4.78, 5) is 28.5. The molecular formula is C30H37N3O5S. The highest BCUT2D eigenvalue weighted by atomic mass is 32.2. The van der Waals surface area contributed by atoms with E-state index in [9.17, 15) is 18.0 Å². The number of carbonyl (C=O) groups is 2. The van der Waals surface area contributed by atoms with E-state index in [4.69, 9.17) is 4.74 Å². The van der Waals surface area contributed by atoms with E-state index >= 15 is 0 Å². The van der Waals surface area contributed by atoms with Crippen LogP contribution in [0.3, 0.4) is 0 Å². The molecule has 3 aromatic carbocycles. The molecule has 0 aliphatic carbocycles. The lowest BCUT2D eigenvalue weighted by molar-refractivity contribution is -0.140. The van der Waals surface area contributed by atoms with Gasteiger partial charge in [0.15, 0.2) is 0 Å². The van der Waals surface area contributed by atoms with E-state index in [1.807, 2.05) is 58.0 Å². The summed E-state index contributed by atoms with van der Waals surface area (Å²) >= 11 is 0. The van der Waals surface area contributed by atoms with Gasteiger partial charge in [0.05, 0.1) is 17.7 Å². The third-order valence-electron chi connectivity index (χ3n) is 6.11. The van der Waals surface area contributed by atoms with Gasteiger partial charge in [0, 0.05) is 12.1 Å². The van der Waals surface area contributed by atoms with Crippen molar-refractivity contribution in [2.24, 2.45) is 0 Å². The molecule has 2 amide bonds. The summed E-state index contributed by atoms with van der Waals surface area (Å²) in [5, 5.41) is 2.92. The first-order valence-electron chi connectivity index (χ1n) is 12.7. The standard InChI is InChI=1S/C30H37N3O5S/c1-22-12-14-25(15-13-22)33(39(36,37)27-18-16-26(38-6)17-19-27)21-28(34)32(20-24-10-8-7-9-11-24)23(2)29(35)31-30(3,4)5/h7-19,23H,20-21H2,1-6H3,(H,31,35). The molecule has 0 bridgehead atoms. The topological polar surface area (TPSA) is 96.0 Å². The fourth-order valence-electron chi connectivity index (χ4n) is 3.95. The third kappa shape index (κ3) is 7.83. The number of methoxy groups -OCH3 is 1. The normalized spacial score (nSPS) is 12.4. The largest absolute Gasteiger partial charge is 0.497 e. The number of amides is 2. The number of nitrogens with one attached hydrogen (secondary N) is 1. The first kappa shape index (κ1) is 29.7. The van der Waals surface area contributed by atoms with Crippen molar-refractivity contribution in [1.82, 2.24) is 10.2 Å². The molecule has 0 saturated carbocycles. The van der Waals surface area contributed by atoms with Crippen LogP contribution >= 0.6 is 0 Å². The van der Waals surface area contributed by atoms with Crippen molar-refractivity contribution in [2.45, 2.75) is 57.6 Å². The molecule has 8 nitrogen and oxygen atoms in total. The van der Waals surface area contributed by atoms with Crippen LogP contribution < -0.4 is 14.4 Å². The molecule has 0 radical (unpaired) electrons. The molecule has 0 heterocycles. The van der Waals surface area contributed by atoms with Crippen LogP contribution in [-0.2, 0) is 26.2 Å². The summed E-state index contributed by atoms with van der Waals surface area (Å²) in [5.74, 6) is -0.320. The average molecular weight is 552 g/mol. The smallest absolute Gasteiger partial charge is 0.264 e. The first-order valence-corrected chi connectivity index (χ1v) is 14.1. The van der Waals surface area contributed by atoms with E-state index in [0.29, 0.717) is 11.4 Å². The maximum Gasteiger partial charge on any atom is 0.264 e. The molecule has 0 spiro atoms. The number of sulfonamides is 1. The van der Waals surface area contributed by atoms with Crippen LogP contribution in [0.2, 0.25) is 0 Å². The van der Waals surface area contributed by atoms with E-state index in [0.717, 1.165) is 15.4 Å². The molecular weight excluding hydrogens is 514 g/mol. The number of aryl methyl sites for hydroxylation is 1. The van der Waals surface area contributed by atoms with Gasteiger partial charge in [-0.3, -0.25) is 13.9 Å². The number of carbonyl (C=O) groups excluding carboxylic acids is 2. The van der Waals surface area contributed by atoms with Gasteiger partial charge in [0.2, 0.25) is 11.8 Å². The molecule has 39 heavy (non-hydrogen) atoms. The Morgan fingerprint density at radius 3 is 2.05 bits per heavy atom. The molecule has 0 aliphatic rings. The van der Waals surface area contributed by atoms with E-state index in [1.165, 1.54) is 24.1 Å². The van der Waals surface area contributed by atoms with Crippen LogP contribution in [0.15, 0.2) is 83.8 Å². The molecule has 3 rings (SSSR count). The van der Waals surface area contributed by atoms with Gasteiger partial charge >= 0.3 is 0 Å². The summed E-state index contributed by atoms with van der Waals surface area (Å²) < 4.78 is 34.0. The quantitative estimate of drug-likeness (QED) is 0.399. The first-order chi connectivity index (χ1) is 18.3. The lowest BCUT2D eigenvalue weighted by atomic mass is 10.1. The van der Waals surface area contributed by atoms with Crippen molar-refractivity contribution in [3.63, 3.8) is 0 Å². The summed E-state index contributed by atoms with van der Waals surface area (Å²) in [7, 11) is -2.64. The van der Waals surface area contributed by atoms with Crippen molar-refractivity contribution in [3.05, 3.63) is 90.0 Å². The summed E-state index contributed by atoms with van der Waals surface area (Å²) in [6.07, 6.45) is 0. The van der Waals surface area contributed by atoms with Gasteiger partial charge < -0.3 is 15.0 Å². The Morgan fingerprint density at radius 2 is 1.51 bits per heavy atom. The molecule has 1 atom stereocenters. The zero-order chi connectivity index (χ0) is 28.8. The number of rotatable bonds is 10. The SMILES string of the molecule is COc1ccc(S(=O)(=O)N(CC(=O)N(Cc2ccccc2)C(C)C(=O)NC(C)(C)C)c2ccc(C)cc2)cc1. The third-order valence-corrected chi connectivity index (χ3v) is 7.90. The van der Waals surface area contributed by atoms with Gasteiger partial charge in [-0.05, 0) is 76.6 Å². The van der Waals surface area contributed by atoms with Crippen molar-refractivity contribution in [3.8, 4) is 5.75 Å². The summed E-state index contributed by atoms with van der Waals surface area (Å²) in [6, 6.07) is 21.4. The second kappa shape index (κ2) is 12.3. The Hall–Kier alpha value is -3.85. The van der Waals surface area contributed by atoms with E-state index < -0.39 is 34.1 Å². The molecule has 0 aromatic heterocycles. The number of anilines is 1. The van der Waals surface area contributed by atoms with Crippen molar-refractivity contribution in [2.75, 3.05) is 18.0 Å². The number of benzene rings is 3. The molecule has 3 aromatic rings. The Bertz CT molecular complexity index is 1370. The summed E-state index contributed by atoms with van der Waals surface area (Å²) in [5.41, 5.74) is 1.61. The van der Waals surface area contributed by atoms with Crippen molar-refractivity contribution in [1.29, 1.82) is 0 Å². The van der Waals surface area contributed by atoms with Gasteiger partial charge in [-0.15, -0.1) is 0 Å². The van der Waals surface area contributed by atoms with Crippen LogP contribution in [0, 0.1) is 6.92 Å². The minimum absolute atomic E-state index is 0.0183. The van der Waals surface area contributed by atoms with Crippen LogP contribution in [0.4, 0.5) is 5.69 Å². The van der Waals surface area contributed by atoms with Crippen LogP contribution in [0.1, 0.15) is 38.8 Å². The van der Waals surface area contributed by atoms with Gasteiger partial charge in [0.1, 0.15) is 18.3 Å². The van der Waals surface area contributed by atoms with E-state index in [-0.39, 0.29) is 17.3 Å². The average Bonchev–Trinajstić information content (AvgIpc) is 2.90. The molecule has 208 valence electrons. The van der Waals surface area contributed by atoms with Crippen LogP contribution in [0.5, 0.6) is 5.75 Å². The fraction of sp³-hybridized carbons (Fsp3) is 0.333. The minimum atomic E-state index is -4.14. The Morgan fingerprint density at radius 1 is 0.923 bits per heavy atom. The molecule has 0 saturated heterocycles. The molecule has 1 N–H and O–H groups in total. The van der Waals surface area contributed by atoms with Crippen LogP contribution in [0.25, 0.3) is 0 Å². The molecule has 1 unspecified atom stereocenters. The van der Waals surface area contributed by atoms with Gasteiger partial charge in [-0.25, -0.2) is 8.42 Å². The monoisotopic (exact) mass is 551 g/mol. The highest BCUT2D eigenvalue weighted by molar-refractivity contribution is 7.92. The van der Waals surface area contributed by atoms with E-state index in [2.05, 4.69) is 5.32 Å². The van der Waals surface area contributed by atoms with Gasteiger partial charge in [0.25, 0.3) is 10.0 Å². The highest BCUT2D eigenvalue weighted by Crippen LogP contribution is 2.26. The number of hydrogen-bond acceptors (Lipinski definition) is 5. The fourth-order valence-corrected chi connectivity index (χ4v) is 5.37. The Kier molecular flexibility index (Phi) is 9.40. The number of nitrogens with zero attached hydrogens (tertiary/aromatic N) is 2. The maximum absolute atomic E-state index is 13.9. The molecule has 9 heteroatoms. The number of ether oxygens (including phenoxy) is 1. The Labute approximate surface area is 231 Å². The predicted octanol–water partition coefficient (Wildman–Crippen LogP) is 4.53. The second-order valence-electron chi connectivity index (χ2n) is 10.4. The summed E-state index contributed by atoms with van der Waals surface area (Å²) in [6.45, 7) is 8.79. The highest BCUT2D eigenvalue weighted by Gasteiger charge is 2.33. The lowest BCUT2D eigenvalue weighted by Crippen LogP contribution is -2.54. The minimum Gasteiger partial charge on any atom is -0.497 e. The molecule has 0 aliphatic heterocycles. The molecule has 0 fully saturated rings. The van der Waals surface area contributed by atoms with Crippen molar-refractivity contribution >= 4 is 27.5 Å². The Balaban J connectivity index is 2.02. The second-order valence-corrected chi connectivity index (χ2v) is 12.3. The van der Waals surface area contributed by atoms with Crippen LogP contribution in [-0.4, -0.2) is 50.4 Å². The zero-order valence-electron chi connectivity index (χ0n) is 23.3. The van der Waals surface area contributed by atoms with Crippen molar-refractivity contribution < 1.29 is 22.7 Å². The van der Waals surface area contributed by atoms with Gasteiger partial charge in [-0.2, -0.15) is 0 Å². The number of hydrogen-bond donors (Lipinski definition) is 1.